The zero-order valence-electron chi connectivity index (χ0n) is 13.0. The molecule has 1 aliphatic heterocycles. The lowest BCUT2D eigenvalue weighted by molar-refractivity contribution is -0.121. The van der Waals surface area contributed by atoms with Gasteiger partial charge in [0.1, 0.15) is 5.82 Å². The Morgan fingerprint density at radius 2 is 2.29 bits per heavy atom. The molecular formula is C16H16ClFN4O2. The van der Waals surface area contributed by atoms with Crippen molar-refractivity contribution < 1.29 is 14.0 Å². The number of amides is 2. The number of hydrogen-bond donors (Lipinski definition) is 1. The largest absolute Gasteiger partial charge is 0.351 e. The van der Waals surface area contributed by atoms with Crippen LogP contribution in [0.3, 0.4) is 0 Å². The van der Waals surface area contributed by atoms with Crippen LogP contribution in [-0.2, 0) is 23.1 Å². The summed E-state index contributed by atoms with van der Waals surface area (Å²) < 4.78 is 15.2. The Hall–Kier alpha value is -2.41. The zero-order valence-corrected chi connectivity index (χ0v) is 13.8. The summed E-state index contributed by atoms with van der Waals surface area (Å²) in [5.41, 5.74) is 1.24. The maximum absolute atomic E-state index is 13.6. The van der Waals surface area contributed by atoms with Gasteiger partial charge >= 0.3 is 0 Å². The number of rotatable bonds is 4. The summed E-state index contributed by atoms with van der Waals surface area (Å²) in [6.45, 7) is 0.304. The van der Waals surface area contributed by atoms with Crippen molar-refractivity contribution in [2.75, 3.05) is 11.4 Å². The fraction of sp³-hybridized carbons (Fsp3) is 0.312. The van der Waals surface area contributed by atoms with Crippen LogP contribution in [0.5, 0.6) is 0 Å². The molecule has 1 saturated heterocycles. The Balaban J connectivity index is 1.61. The fourth-order valence-electron chi connectivity index (χ4n) is 2.73. The molecule has 0 radical (unpaired) electrons. The van der Waals surface area contributed by atoms with E-state index in [0.717, 1.165) is 5.56 Å². The van der Waals surface area contributed by atoms with Crippen LogP contribution in [-0.4, -0.2) is 34.2 Å². The van der Waals surface area contributed by atoms with E-state index < -0.39 is 5.82 Å². The van der Waals surface area contributed by atoms with Gasteiger partial charge < -0.3 is 10.2 Å². The summed E-state index contributed by atoms with van der Waals surface area (Å²) in [6.07, 6.45) is 3.78. The molecule has 2 aromatic rings. The molecule has 6 nitrogen and oxygen atoms in total. The number of nitrogens with zero attached hydrogens (tertiary/aromatic N) is 3. The molecule has 3 rings (SSSR count). The zero-order chi connectivity index (χ0) is 17.3. The molecule has 1 aromatic carbocycles. The van der Waals surface area contributed by atoms with Gasteiger partial charge in [0.05, 0.1) is 23.7 Å². The number of halogens is 2. The summed E-state index contributed by atoms with van der Waals surface area (Å²) in [5, 5.41) is 6.85. The predicted octanol–water partition coefficient (Wildman–Crippen LogP) is 1.68. The fourth-order valence-corrected chi connectivity index (χ4v) is 2.85. The van der Waals surface area contributed by atoms with Crippen LogP contribution >= 0.6 is 11.6 Å². The van der Waals surface area contributed by atoms with E-state index in [0.29, 0.717) is 12.2 Å². The number of aromatic nitrogens is 2. The molecule has 1 N–H and O–H groups in total. The van der Waals surface area contributed by atoms with E-state index in [2.05, 4.69) is 10.4 Å². The van der Waals surface area contributed by atoms with Gasteiger partial charge in [-0.3, -0.25) is 14.3 Å². The second-order valence-electron chi connectivity index (χ2n) is 5.77. The lowest BCUT2D eigenvalue weighted by atomic mass is 10.2. The number of benzene rings is 1. The van der Waals surface area contributed by atoms with Crippen molar-refractivity contribution in [1.82, 2.24) is 15.1 Å². The summed E-state index contributed by atoms with van der Waals surface area (Å²) in [6, 6.07) is 3.91. The number of carbonyl (C=O) groups excluding carboxylic acids is 2. The minimum absolute atomic E-state index is 0.00622. The van der Waals surface area contributed by atoms with Crippen LogP contribution in [0.25, 0.3) is 0 Å². The van der Waals surface area contributed by atoms with E-state index in [1.165, 1.54) is 17.0 Å². The van der Waals surface area contributed by atoms with Crippen LogP contribution in [0.15, 0.2) is 30.6 Å². The maximum Gasteiger partial charge on any atom is 0.229 e. The Kier molecular flexibility index (Phi) is 4.53. The van der Waals surface area contributed by atoms with Gasteiger partial charge in [0.2, 0.25) is 11.8 Å². The van der Waals surface area contributed by atoms with Gasteiger partial charge in [-0.15, -0.1) is 0 Å². The van der Waals surface area contributed by atoms with Crippen molar-refractivity contribution in [3.05, 3.63) is 47.0 Å². The van der Waals surface area contributed by atoms with Crippen LogP contribution in [0.1, 0.15) is 12.0 Å². The highest BCUT2D eigenvalue weighted by atomic mass is 35.5. The minimum Gasteiger partial charge on any atom is -0.351 e. The second kappa shape index (κ2) is 6.60. The van der Waals surface area contributed by atoms with E-state index in [1.54, 1.807) is 30.2 Å². The summed E-state index contributed by atoms with van der Waals surface area (Å²) in [4.78, 5) is 25.7. The van der Waals surface area contributed by atoms with Crippen molar-refractivity contribution in [2.24, 2.45) is 7.05 Å². The Labute approximate surface area is 143 Å². The van der Waals surface area contributed by atoms with Crippen LogP contribution in [0.4, 0.5) is 10.1 Å². The molecule has 2 heterocycles. The average molecular weight is 351 g/mol. The Morgan fingerprint density at radius 1 is 1.50 bits per heavy atom. The lowest BCUT2D eigenvalue weighted by Gasteiger charge is -2.17. The molecule has 1 atom stereocenters. The van der Waals surface area contributed by atoms with E-state index in [-0.39, 0.29) is 35.7 Å². The minimum atomic E-state index is -0.578. The molecule has 0 aliphatic carbocycles. The predicted molar refractivity (Wildman–Crippen MR) is 87.2 cm³/mol. The molecule has 24 heavy (non-hydrogen) atoms. The highest BCUT2D eigenvalue weighted by Crippen LogP contribution is 2.25. The molecule has 2 amide bonds. The number of hydrogen-bond acceptors (Lipinski definition) is 3. The van der Waals surface area contributed by atoms with Crippen molar-refractivity contribution in [2.45, 2.75) is 18.9 Å². The van der Waals surface area contributed by atoms with Gasteiger partial charge in [0.15, 0.2) is 0 Å². The van der Waals surface area contributed by atoms with Crippen molar-refractivity contribution in [1.29, 1.82) is 0 Å². The van der Waals surface area contributed by atoms with Gasteiger partial charge in [0, 0.05) is 31.9 Å². The van der Waals surface area contributed by atoms with E-state index in [1.807, 2.05) is 0 Å². The van der Waals surface area contributed by atoms with Crippen molar-refractivity contribution >= 4 is 29.1 Å². The highest BCUT2D eigenvalue weighted by Gasteiger charge is 2.31. The summed E-state index contributed by atoms with van der Waals surface area (Å²) >= 11 is 5.66. The van der Waals surface area contributed by atoms with Crippen molar-refractivity contribution in [3.63, 3.8) is 0 Å². The molecular weight excluding hydrogens is 335 g/mol. The molecule has 0 spiro atoms. The maximum atomic E-state index is 13.6. The SMILES string of the molecule is Cn1cc(CC(=O)NC2CC(=O)N(c3ccc(Cl)c(F)c3)C2)cn1. The third-order valence-electron chi connectivity index (χ3n) is 3.83. The lowest BCUT2D eigenvalue weighted by Crippen LogP contribution is -2.38. The number of carbonyl (C=O) groups is 2. The smallest absolute Gasteiger partial charge is 0.229 e. The highest BCUT2D eigenvalue weighted by molar-refractivity contribution is 6.30. The van der Waals surface area contributed by atoms with Crippen molar-refractivity contribution in [3.8, 4) is 0 Å². The number of aryl methyl sites for hydroxylation is 1. The molecule has 0 saturated carbocycles. The summed E-state index contributed by atoms with van der Waals surface area (Å²) in [7, 11) is 1.78. The molecule has 1 fully saturated rings. The molecule has 1 aromatic heterocycles. The quantitative estimate of drug-likeness (QED) is 0.912. The van der Waals surface area contributed by atoms with Crippen LogP contribution in [0.2, 0.25) is 5.02 Å². The van der Waals surface area contributed by atoms with Gasteiger partial charge in [-0.1, -0.05) is 11.6 Å². The molecule has 8 heteroatoms. The topological polar surface area (TPSA) is 67.2 Å². The third kappa shape index (κ3) is 3.56. The van der Waals surface area contributed by atoms with Crippen LogP contribution in [0, 0.1) is 5.82 Å². The first-order valence-corrected chi connectivity index (χ1v) is 7.82. The molecule has 126 valence electrons. The van der Waals surface area contributed by atoms with E-state index in [4.69, 9.17) is 11.6 Å². The molecule has 1 aliphatic rings. The standard InChI is InChI=1S/C16H16ClFN4O2/c1-21-8-10(7-19-21)4-15(23)20-11-5-16(24)22(9-11)12-2-3-13(17)14(18)6-12/h2-3,6-8,11H,4-5,9H2,1H3,(H,20,23). The van der Waals surface area contributed by atoms with Crippen LogP contribution < -0.4 is 10.2 Å². The monoisotopic (exact) mass is 350 g/mol. The summed E-state index contributed by atoms with van der Waals surface area (Å²) in [5.74, 6) is -0.917. The van der Waals surface area contributed by atoms with Gasteiger partial charge in [-0.2, -0.15) is 5.10 Å². The number of anilines is 1. The third-order valence-corrected chi connectivity index (χ3v) is 4.13. The first kappa shape index (κ1) is 16.4. The Morgan fingerprint density at radius 3 is 2.96 bits per heavy atom. The van der Waals surface area contributed by atoms with Gasteiger partial charge in [0.25, 0.3) is 0 Å². The van der Waals surface area contributed by atoms with E-state index >= 15 is 0 Å². The average Bonchev–Trinajstić information content (AvgIpc) is 3.08. The number of nitrogens with one attached hydrogen (secondary N) is 1. The van der Waals surface area contributed by atoms with E-state index in [9.17, 15) is 14.0 Å². The van der Waals surface area contributed by atoms with Gasteiger partial charge in [-0.05, 0) is 23.8 Å². The Bertz CT molecular complexity index is 792. The first-order chi connectivity index (χ1) is 11.4. The molecule has 1 unspecified atom stereocenters. The normalized spacial score (nSPS) is 17.4. The van der Waals surface area contributed by atoms with Gasteiger partial charge in [-0.25, -0.2) is 4.39 Å². The first-order valence-electron chi connectivity index (χ1n) is 7.44. The second-order valence-corrected chi connectivity index (χ2v) is 6.18. The molecule has 0 bridgehead atoms.